The van der Waals surface area contributed by atoms with Crippen LogP contribution in [0.15, 0.2) is 30.5 Å². The first-order valence-electron chi connectivity index (χ1n) is 8.21. The average Bonchev–Trinajstić information content (AvgIpc) is 2.74. The highest BCUT2D eigenvalue weighted by Crippen LogP contribution is 2.13. The lowest BCUT2D eigenvalue weighted by atomic mass is 10.2. The Morgan fingerprint density at radius 1 is 1.05 bits per heavy atom. The Balaban J connectivity index is 1.36. The Hall–Kier alpha value is -1.55. The van der Waals surface area contributed by atoms with E-state index in [1.165, 1.54) is 51.7 Å². The molecule has 0 bridgehead atoms. The fourth-order valence-corrected chi connectivity index (χ4v) is 2.96. The zero-order valence-corrected chi connectivity index (χ0v) is 12.7. The van der Waals surface area contributed by atoms with Gasteiger partial charge >= 0.3 is 0 Å². The van der Waals surface area contributed by atoms with Gasteiger partial charge in [0.15, 0.2) is 0 Å². The van der Waals surface area contributed by atoms with Crippen LogP contribution in [0.2, 0.25) is 0 Å². The summed E-state index contributed by atoms with van der Waals surface area (Å²) < 4.78 is 7.61. The standard InChI is InChI=1S/C17H25N3O/c1-2-5-11-19(10-4-1)12-7-8-14-21-17-15-16-9-3-6-13-20(16)18-17/h3,6,9,13,15H,1-2,4-5,7-8,10-12,14H2. The van der Waals surface area contributed by atoms with Gasteiger partial charge in [0, 0.05) is 12.3 Å². The van der Waals surface area contributed by atoms with Crippen LogP contribution in [0.1, 0.15) is 38.5 Å². The van der Waals surface area contributed by atoms with Gasteiger partial charge in [-0.05, 0) is 57.5 Å². The summed E-state index contributed by atoms with van der Waals surface area (Å²) in [6, 6.07) is 8.03. The van der Waals surface area contributed by atoms with E-state index in [0.717, 1.165) is 24.4 Å². The maximum atomic E-state index is 5.75. The normalized spacial score (nSPS) is 17.0. The third-order valence-corrected chi connectivity index (χ3v) is 4.16. The molecule has 114 valence electrons. The molecule has 2 aromatic rings. The first-order valence-corrected chi connectivity index (χ1v) is 8.21. The Kier molecular flexibility index (Phi) is 5.11. The van der Waals surface area contributed by atoms with Crippen LogP contribution >= 0.6 is 0 Å². The lowest BCUT2D eigenvalue weighted by Gasteiger charge is -2.19. The topological polar surface area (TPSA) is 29.8 Å². The minimum atomic E-state index is 0.732. The van der Waals surface area contributed by atoms with Crippen molar-refractivity contribution in [2.24, 2.45) is 0 Å². The molecule has 0 N–H and O–H groups in total. The number of likely N-dealkylation sites (tertiary alicyclic amines) is 1. The van der Waals surface area contributed by atoms with E-state index < -0.39 is 0 Å². The van der Waals surface area contributed by atoms with Gasteiger partial charge < -0.3 is 9.64 Å². The number of hydrogen-bond donors (Lipinski definition) is 0. The number of ether oxygens (including phenoxy) is 1. The van der Waals surface area contributed by atoms with Gasteiger partial charge in [-0.3, -0.25) is 0 Å². The molecule has 0 aromatic carbocycles. The van der Waals surface area contributed by atoms with Crippen LogP contribution in [-0.2, 0) is 0 Å². The maximum Gasteiger partial charge on any atom is 0.233 e. The molecule has 1 fully saturated rings. The highest BCUT2D eigenvalue weighted by molar-refractivity contribution is 5.48. The zero-order valence-electron chi connectivity index (χ0n) is 12.7. The summed E-state index contributed by atoms with van der Waals surface area (Å²) in [5.74, 6) is 0.732. The molecule has 1 aliphatic rings. The maximum absolute atomic E-state index is 5.75. The molecule has 0 radical (unpaired) electrons. The summed E-state index contributed by atoms with van der Waals surface area (Å²) in [6.45, 7) is 4.55. The van der Waals surface area contributed by atoms with E-state index in [4.69, 9.17) is 4.74 Å². The fourth-order valence-electron chi connectivity index (χ4n) is 2.96. The van der Waals surface area contributed by atoms with Crippen molar-refractivity contribution >= 4 is 5.52 Å². The number of unbranched alkanes of at least 4 members (excludes halogenated alkanes) is 1. The molecular weight excluding hydrogens is 262 g/mol. The van der Waals surface area contributed by atoms with Gasteiger partial charge in [-0.25, -0.2) is 4.52 Å². The second-order valence-electron chi connectivity index (χ2n) is 5.86. The van der Waals surface area contributed by atoms with Crippen molar-refractivity contribution < 1.29 is 4.74 Å². The van der Waals surface area contributed by atoms with Crippen LogP contribution in [-0.4, -0.2) is 40.8 Å². The number of aromatic nitrogens is 2. The van der Waals surface area contributed by atoms with Crippen molar-refractivity contribution in [3.05, 3.63) is 30.5 Å². The first-order chi connectivity index (χ1) is 10.4. The lowest BCUT2D eigenvalue weighted by Crippen LogP contribution is -2.25. The second-order valence-corrected chi connectivity index (χ2v) is 5.86. The number of nitrogens with zero attached hydrogens (tertiary/aromatic N) is 3. The van der Waals surface area contributed by atoms with Gasteiger partial charge in [0.25, 0.3) is 0 Å². The van der Waals surface area contributed by atoms with E-state index >= 15 is 0 Å². The van der Waals surface area contributed by atoms with Crippen molar-refractivity contribution in [3.63, 3.8) is 0 Å². The molecule has 1 aliphatic heterocycles. The molecule has 4 heteroatoms. The second kappa shape index (κ2) is 7.46. The Bertz CT molecular complexity index is 511. The molecule has 0 amide bonds. The summed E-state index contributed by atoms with van der Waals surface area (Å²) >= 11 is 0. The molecule has 21 heavy (non-hydrogen) atoms. The average molecular weight is 287 g/mol. The van der Waals surface area contributed by atoms with Crippen molar-refractivity contribution in [1.29, 1.82) is 0 Å². The highest BCUT2D eigenvalue weighted by Gasteiger charge is 2.08. The van der Waals surface area contributed by atoms with Crippen LogP contribution < -0.4 is 4.74 Å². The van der Waals surface area contributed by atoms with Gasteiger partial charge in [0.05, 0.1) is 12.1 Å². The van der Waals surface area contributed by atoms with E-state index in [0.29, 0.717) is 0 Å². The van der Waals surface area contributed by atoms with E-state index in [2.05, 4.69) is 10.00 Å². The first kappa shape index (κ1) is 14.4. The van der Waals surface area contributed by atoms with Crippen LogP contribution in [0.5, 0.6) is 5.88 Å². The predicted molar refractivity (Wildman–Crippen MR) is 84.8 cm³/mol. The predicted octanol–water partition coefficient (Wildman–Crippen LogP) is 3.37. The molecule has 4 nitrogen and oxygen atoms in total. The molecule has 1 saturated heterocycles. The molecule has 0 unspecified atom stereocenters. The van der Waals surface area contributed by atoms with Crippen LogP contribution in [0.3, 0.4) is 0 Å². The third kappa shape index (κ3) is 4.21. The Labute approximate surface area is 126 Å². The monoisotopic (exact) mass is 287 g/mol. The van der Waals surface area contributed by atoms with E-state index in [-0.39, 0.29) is 0 Å². The summed E-state index contributed by atoms with van der Waals surface area (Å²) in [7, 11) is 0. The van der Waals surface area contributed by atoms with Crippen LogP contribution in [0, 0.1) is 0 Å². The molecule has 0 atom stereocenters. The minimum absolute atomic E-state index is 0.732. The number of fused-ring (bicyclic) bond motifs is 1. The van der Waals surface area contributed by atoms with Crippen molar-refractivity contribution in [2.75, 3.05) is 26.2 Å². The summed E-state index contributed by atoms with van der Waals surface area (Å²) in [5, 5.41) is 4.40. The van der Waals surface area contributed by atoms with E-state index in [1.807, 2.05) is 35.0 Å². The van der Waals surface area contributed by atoms with Gasteiger partial charge in [0.2, 0.25) is 5.88 Å². The fraction of sp³-hybridized carbons (Fsp3) is 0.588. The largest absolute Gasteiger partial charge is 0.477 e. The molecule has 0 spiro atoms. The van der Waals surface area contributed by atoms with E-state index in [1.54, 1.807) is 0 Å². The highest BCUT2D eigenvalue weighted by atomic mass is 16.5. The summed E-state index contributed by atoms with van der Waals surface area (Å²) in [4.78, 5) is 2.61. The molecule has 0 aliphatic carbocycles. The Morgan fingerprint density at radius 3 is 2.71 bits per heavy atom. The van der Waals surface area contributed by atoms with Crippen LogP contribution in [0.25, 0.3) is 5.52 Å². The molecule has 3 rings (SSSR count). The molecular formula is C17H25N3O. The van der Waals surface area contributed by atoms with Crippen LogP contribution in [0.4, 0.5) is 0 Å². The van der Waals surface area contributed by atoms with Gasteiger partial charge in [-0.1, -0.05) is 18.9 Å². The number of pyridine rings is 1. The van der Waals surface area contributed by atoms with Crippen molar-refractivity contribution in [3.8, 4) is 5.88 Å². The number of hydrogen-bond acceptors (Lipinski definition) is 3. The lowest BCUT2D eigenvalue weighted by molar-refractivity contribution is 0.252. The van der Waals surface area contributed by atoms with Crippen molar-refractivity contribution in [2.45, 2.75) is 38.5 Å². The smallest absolute Gasteiger partial charge is 0.233 e. The quantitative estimate of drug-likeness (QED) is 0.763. The van der Waals surface area contributed by atoms with Gasteiger partial charge in [0.1, 0.15) is 0 Å². The Morgan fingerprint density at radius 2 is 1.90 bits per heavy atom. The summed E-state index contributed by atoms with van der Waals surface area (Å²) in [5.41, 5.74) is 1.08. The molecule has 2 aromatic heterocycles. The number of rotatable bonds is 6. The summed E-state index contributed by atoms with van der Waals surface area (Å²) in [6.07, 6.45) is 9.83. The molecule has 3 heterocycles. The minimum Gasteiger partial charge on any atom is -0.477 e. The SMILES string of the molecule is c1ccn2nc(OCCCCN3CCCCCC3)cc2c1. The van der Waals surface area contributed by atoms with E-state index in [9.17, 15) is 0 Å². The van der Waals surface area contributed by atoms with Gasteiger partial charge in [-0.15, -0.1) is 5.10 Å². The zero-order chi connectivity index (χ0) is 14.3. The third-order valence-electron chi connectivity index (χ3n) is 4.16. The molecule has 0 saturated carbocycles. The van der Waals surface area contributed by atoms with Gasteiger partial charge in [-0.2, -0.15) is 0 Å². The van der Waals surface area contributed by atoms with Crippen molar-refractivity contribution in [1.82, 2.24) is 14.5 Å².